The third-order valence-corrected chi connectivity index (χ3v) is 3.47. The van der Waals surface area contributed by atoms with Crippen molar-refractivity contribution in [3.63, 3.8) is 0 Å². The molecule has 124 valence electrons. The van der Waals surface area contributed by atoms with Crippen LogP contribution in [0.5, 0.6) is 11.5 Å². The summed E-state index contributed by atoms with van der Waals surface area (Å²) in [5.74, 6) is 1.46. The first-order valence-corrected chi connectivity index (χ1v) is 7.51. The van der Waals surface area contributed by atoms with Crippen LogP contribution in [0.1, 0.15) is 18.9 Å². The summed E-state index contributed by atoms with van der Waals surface area (Å²) in [6, 6.07) is 5.57. The van der Waals surface area contributed by atoms with Gasteiger partial charge in [-0.15, -0.1) is 0 Å². The number of halogens is 1. The van der Waals surface area contributed by atoms with E-state index in [9.17, 15) is 4.79 Å². The maximum absolute atomic E-state index is 11.5. The Balaban J connectivity index is 2.18. The van der Waals surface area contributed by atoms with Gasteiger partial charge in [0.05, 0.1) is 13.7 Å². The quantitative estimate of drug-likeness (QED) is 0.716. The monoisotopic (exact) mass is 338 g/mol. The Bertz CT molecular complexity index is 733. The summed E-state index contributed by atoms with van der Waals surface area (Å²) in [7, 11) is 1.59. The van der Waals surface area contributed by atoms with Crippen LogP contribution in [-0.2, 0) is 6.54 Å². The number of methoxy groups -OCH3 is 1. The molecule has 1 aromatic carbocycles. The largest absolute Gasteiger partial charge is 0.493 e. The number of aromatic nitrogens is 2. The summed E-state index contributed by atoms with van der Waals surface area (Å²) >= 11 is 5.94. The first kappa shape index (κ1) is 17.0. The molecule has 4 N–H and O–H groups in total. The molecule has 0 spiro atoms. The van der Waals surface area contributed by atoms with Crippen LogP contribution in [0.15, 0.2) is 23.0 Å². The van der Waals surface area contributed by atoms with Gasteiger partial charge in [-0.1, -0.05) is 24.6 Å². The van der Waals surface area contributed by atoms with Gasteiger partial charge in [-0.2, -0.15) is 5.10 Å². The number of hydrogen-bond acceptors (Lipinski definition) is 6. The Hall–Kier alpha value is -2.41. The van der Waals surface area contributed by atoms with Crippen molar-refractivity contribution in [1.82, 2.24) is 10.2 Å². The number of aromatic amines is 1. The Morgan fingerprint density at radius 3 is 2.87 bits per heavy atom. The molecule has 0 radical (unpaired) electrons. The molecule has 7 nitrogen and oxygen atoms in total. The molecule has 1 heterocycles. The molecule has 2 aromatic rings. The summed E-state index contributed by atoms with van der Waals surface area (Å²) in [6.07, 6.45) is 0.899. The van der Waals surface area contributed by atoms with Crippen molar-refractivity contribution < 1.29 is 9.47 Å². The van der Waals surface area contributed by atoms with Gasteiger partial charge in [0.2, 0.25) is 0 Å². The van der Waals surface area contributed by atoms with Crippen LogP contribution in [0.3, 0.4) is 0 Å². The van der Waals surface area contributed by atoms with Crippen molar-refractivity contribution in [2.24, 2.45) is 0 Å². The maximum atomic E-state index is 11.5. The number of benzene rings is 1. The average molecular weight is 339 g/mol. The third-order valence-electron chi connectivity index (χ3n) is 3.11. The maximum Gasteiger partial charge on any atom is 0.285 e. The number of nitrogens with two attached hydrogens (primary N) is 1. The number of nitrogens with zero attached hydrogens (tertiary/aromatic N) is 1. The van der Waals surface area contributed by atoms with Gasteiger partial charge >= 0.3 is 0 Å². The van der Waals surface area contributed by atoms with Gasteiger partial charge in [0.1, 0.15) is 10.7 Å². The molecular formula is C15H19ClN4O3. The fraction of sp³-hybridized carbons (Fsp3) is 0.333. The van der Waals surface area contributed by atoms with Crippen molar-refractivity contribution >= 4 is 23.1 Å². The molecule has 0 atom stereocenters. The molecule has 0 saturated carbocycles. The molecule has 0 aliphatic carbocycles. The Labute approximate surface area is 138 Å². The summed E-state index contributed by atoms with van der Waals surface area (Å²) in [5, 5.41) is 8.90. The average Bonchev–Trinajstić information content (AvgIpc) is 2.56. The highest BCUT2D eigenvalue weighted by Gasteiger charge is 2.11. The number of H-pyrrole nitrogens is 1. The third kappa shape index (κ3) is 4.07. The molecule has 23 heavy (non-hydrogen) atoms. The van der Waals surface area contributed by atoms with E-state index in [1.165, 1.54) is 0 Å². The van der Waals surface area contributed by atoms with Gasteiger partial charge in [-0.05, 0) is 24.1 Å². The summed E-state index contributed by atoms with van der Waals surface area (Å²) in [5.41, 5.74) is 6.46. The highest BCUT2D eigenvalue weighted by atomic mass is 35.5. The van der Waals surface area contributed by atoms with Gasteiger partial charge in [-0.25, -0.2) is 5.10 Å². The lowest BCUT2D eigenvalue weighted by molar-refractivity contribution is 0.294. The highest BCUT2D eigenvalue weighted by molar-refractivity contribution is 6.33. The van der Waals surface area contributed by atoms with E-state index < -0.39 is 5.56 Å². The van der Waals surface area contributed by atoms with E-state index in [0.717, 1.165) is 12.0 Å². The molecule has 0 fully saturated rings. The molecule has 2 rings (SSSR count). The summed E-state index contributed by atoms with van der Waals surface area (Å²) in [4.78, 5) is 11.5. The standard InChI is InChI=1S/C15H19ClN4O3/c1-3-6-23-11-7-9(4-5-10(11)22-2)8-18-13-12(16)15(21)20-19-14(13)17/h4-5,7H,3,6,8H2,1-2H3,(H2,17,19)(H2,18,20,21). The van der Waals surface area contributed by atoms with Crippen molar-refractivity contribution in [3.8, 4) is 11.5 Å². The number of nitrogens with one attached hydrogen (secondary N) is 2. The summed E-state index contributed by atoms with van der Waals surface area (Å²) < 4.78 is 10.9. The molecule has 0 saturated heterocycles. The molecule has 0 bridgehead atoms. The zero-order chi connectivity index (χ0) is 16.8. The Morgan fingerprint density at radius 2 is 2.17 bits per heavy atom. The fourth-order valence-corrected chi connectivity index (χ4v) is 2.16. The summed E-state index contributed by atoms with van der Waals surface area (Å²) in [6.45, 7) is 3.04. The van der Waals surface area contributed by atoms with E-state index in [1.54, 1.807) is 7.11 Å². The first-order valence-electron chi connectivity index (χ1n) is 7.14. The van der Waals surface area contributed by atoms with Crippen LogP contribution in [0.25, 0.3) is 0 Å². The van der Waals surface area contributed by atoms with Crippen LogP contribution < -0.4 is 26.1 Å². The number of hydrogen-bond donors (Lipinski definition) is 3. The minimum Gasteiger partial charge on any atom is -0.493 e. The van der Waals surface area contributed by atoms with Gasteiger partial charge in [0, 0.05) is 6.54 Å². The van der Waals surface area contributed by atoms with E-state index in [-0.39, 0.29) is 10.8 Å². The lowest BCUT2D eigenvalue weighted by atomic mass is 10.2. The molecular weight excluding hydrogens is 320 g/mol. The van der Waals surface area contributed by atoms with Crippen LogP contribution in [0.2, 0.25) is 5.02 Å². The minimum absolute atomic E-state index is 0.0199. The van der Waals surface area contributed by atoms with Crippen molar-refractivity contribution in [2.45, 2.75) is 19.9 Å². The number of anilines is 2. The van der Waals surface area contributed by atoms with Crippen molar-refractivity contribution in [1.29, 1.82) is 0 Å². The lowest BCUT2D eigenvalue weighted by Gasteiger charge is -2.13. The Kier molecular flexibility index (Phi) is 5.70. The van der Waals surface area contributed by atoms with Gasteiger partial charge < -0.3 is 20.5 Å². The predicted octanol–water partition coefficient (Wildman–Crippen LogP) is 2.42. The second-order valence-electron chi connectivity index (χ2n) is 4.81. The fourth-order valence-electron chi connectivity index (χ4n) is 1.96. The first-order chi connectivity index (χ1) is 11.1. The van der Waals surface area contributed by atoms with E-state index in [4.69, 9.17) is 26.8 Å². The second-order valence-corrected chi connectivity index (χ2v) is 5.19. The van der Waals surface area contributed by atoms with Crippen molar-refractivity contribution in [3.05, 3.63) is 39.1 Å². The molecule has 0 amide bonds. The van der Waals surface area contributed by atoms with Crippen LogP contribution >= 0.6 is 11.6 Å². The molecule has 0 unspecified atom stereocenters. The van der Waals surface area contributed by atoms with Crippen LogP contribution in [-0.4, -0.2) is 23.9 Å². The van der Waals surface area contributed by atoms with Gasteiger partial charge in [0.25, 0.3) is 5.56 Å². The predicted molar refractivity (Wildman–Crippen MR) is 90.4 cm³/mol. The zero-order valence-electron chi connectivity index (χ0n) is 13.0. The Morgan fingerprint density at radius 1 is 1.39 bits per heavy atom. The van der Waals surface area contributed by atoms with E-state index in [2.05, 4.69) is 15.5 Å². The van der Waals surface area contributed by atoms with E-state index in [0.29, 0.717) is 30.3 Å². The number of ether oxygens (including phenoxy) is 2. The SMILES string of the molecule is CCCOc1cc(CNc2c(N)n[nH]c(=O)c2Cl)ccc1OC. The van der Waals surface area contributed by atoms with E-state index in [1.807, 2.05) is 25.1 Å². The lowest BCUT2D eigenvalue weighted by Crippen LogP contribution is -2.15. The zero-order valence-corrected chi connectivity index (χ0v) is 13.7. The van der Waals surface area contributed by atoms with Crippen LogP contribution in [0, 0.1) is 0 Å². The molecule has 0 aliphatic rings. The normalized spacial score (nSPS) is 10.4. The highest BCUT2D eigenvalue weighted by Crippen LogP contribution is 2.29. The topological polar surface area (TPSA) is 102 Å². The molecule has 8 heteroatoms. The van der Waals surface area contributed by atoms with Gasteiger partial charge in [0.15, 0.2) is 17.3 Å². The van der Waals surface area contributed by atoms with Crippen molar-refractivity contribution in [2.75, 3.05) is 24.8 Å². The molecule has 1 aromatic heterocycles. The van der Waals surface area contributed by atoms with E-state index >= 15 is 0 Å². The molecule has 0 aliphatic heterocycles. The van der Waals surface area contributed by atoms with Crippen LogP contribution in [0.4, 0.5) is 11.5 Å². The minimum atomic E-state index is -0.495. The number of rotatable bonds is 7. The number of nitrogen functional groups attached to an aromatic ring is 1. The smallest absolute Gasteiger partial charge is 0.285 e. The van der Waals surface area contributed by atoms with Gasteiger partial charge in [-0.3, -0.25) is 4.79 Å². The second kappa shape index (κ2) is 7.73.